The first-order chi connectivity index (χ1) is 22.3. The van der Waals surface area contributed by atoms with Gasteiger partial charge >= 0.3 is 5.76 Å². The molecule has 0 radical (unpaired) electrons. The van der Waals surface area contributed by atoms with Gasteiger partial charge in [0.2, 0.25) is 5.78 Å². The van der Waals surface area contributed by atoms with Crippen molar-refractivity contribution in [1.82, 2.24) is 29.3 Å². The fourth-order valence-electron chi connectivity index (χ4n) is 6.57. The highest BCUT2D eigenvalue weighted by Gasteiger charge is 2.30. The van der Waals surface area contributed by atoms with Gasteiger partial charge in [-0.15, -0.1) is 0 Å². The van der Waals surface area contributed by atoms with E-state index in [9.17, 15) is 14.7 Å². The third-order valence-electron chi connectivity index (χ3n) is 9.49. The fourth-order valence-corrected chi connectivity index (χ4v) is 6.57. The van der Waals surface area contributed by atoms with Crippen LogP contribution >= 0.6 is 0 Å². The average molecular weight is 627 g/mol. The zero-order chi connectivity index (χ0) is 32.3. The first kappa shape index (κ1) is 31.6. The number of hydrogen-bond acceptors (Lipinski definition) is 8. The summed E-state index contributed by atoms with van der Waals surface area (Å²) >= 11 is 0. The first-order valence-corrected chi connectivity index (χ1v) is 16.4. The molecule has 0 atom stereocenters. The summed E-state index contributed by atoms with van der Waals surface area (Å²) in [5.41, 5.74) is 4.47. The minimum atomic E-state index is -0.787. The Morgan fingerprint density at radius 1 is 1.00 bits per heavy atom. The molecule has 1 aliphatic rings. The minimum Gasteiger partial charge on any atom is -0.388 e. The van der Waals surface area contributed by atoms with Crippen LogP contribution in [0, 0.1) is 0 Å². The summed E-state index contributed by atoms with van der Waals surface area (Å²) in [5, 5.41) is 19.1. The highest BCUT2D eigenvalue weighted by Crippen LogP contribution is 2.33. The van der Waals surface area contributed by atoms with Gasteiger partial charge in [0.25, 0.3) is 5.56 Å². The largest absolute Gasteiger partial charge is 0.439 e. The molecule has 3 aromatic heterocycles. The molecule has 0 aliphatic heterocycles. The summed E-state index contributed by atoms with van der Waals surface area (Å²) in [5.74, 6) is 0.362. The Morgan fingerprint density at radius 3 is 2.37 bits per heavy atom. The van der Waals surface area contributed by atoms with Crippen molar-refractivity contribution >= 4 is 5.78 Å². The molecular formula is C35H42N6O5. The summed E-state index contributed by atoms with van der Waals surface area (Å²) in [6.07, 6.45) is 8.19. The number of hydrogen-bond donors (Lipinski definition) is 2. The molecule has 2 N–H and O–H groups in total. The van der Waals surface area contributed by atoms with Gasteiger partial charge in [0.15, 0.2) is 5.82 Å². The van der Waals surface area contributed by atoms with E-state index < -0.39 is 11.4 Å². The molecule has 3 heterocycles. The Bertz CT molecular complexity index is 1890. The lowest BCUT2D eigenvalue weighted by atomic mass is 9.91. The highest BCUT2D eigenvalue weighted by atomic mass is 16.5. The van der Waals surface area contributed by atoms with E-state index in [0.717, 1.165) is 65.6 Å². The van der Waals surface area contributed by atoms with Crippen LogP contribution in [0.25, 0.3) is 28.3 Å². The minimum absolute atomic E-state index is 0.00781. The molecule has 242 valence electrons. The number of ether oxygens (including phenoxy) is 1. The van der Waals surface area contributed by atoms with Gasteiger partial charge in [-0.25, -0.2) is 9.31 Å². The molecule has 46 heavy (non-hydrogen) atoms. The van der Waals surface area contributed by atoms with Crippen molar-refractivity contribution < 1.29 is 14.4 Å². The maximum atomic E-state index is 14.4. The number of H-pyrrole nitrogens is 1. The average Bonchev–Trinajstić information content (AvgIpc) is 3.75. The third kappa shape index (κ3) is 6.34. The lowest BCUT2D eigenvalue weighted by molar-refractivity contribution is -0.0865. The van der Waals surface area contributed by atoms with Crippen LogP contribution in [0.1, 0.15) is 88.6 Å². The van der Waals surface area contributed by atoms with Gasteiger partial charge in [0.05, 0.1) is 24.0 Å². The summed E-state index contributed by atoms with van der Waals surface area (Å²) in [7, 11) is 0. The van der Waals surface area contributed by atoms with E-state index in [4.69, 9.17) is 9.26 Å². The van der Waals surface area contributed by atoms with Crippen LogP contribution in [0.2, 0.25) is 0 Å². The maximum absolute atomic E-state index is 14.4. The number of aromatic amines is 1. The Balaban J connectivity index is 1.27. The molecule has 0 amide bonds. The number of nitrogens with one attached hydrogen (secondary N) is 1. The van der Waals surface area contributed by atoms with Gasteiger partial charge < -0.3 is 9.84 Å². The van der Waals surface area contributed by atoms with Crippen molar-refractivity contribution in [3.05, 3.63) is 92.6 Å². The standard InChI is InChI=1S/C35H42N6O5/c1-4-9-30-29(20-23-12-14-24(15-13-23)27-10-7-8-11-28(27)31-38-34(43)46-39-31)32(42)40(33-36-22-37-41(30)33)25-16-18-26(19-17-25)45-21-35(44,5-2)6-3/h7-8,10-15,22,25-26,44H,4-6,9,16-21H2,1-3H3,(H,38,39,43). The fraction of sp³-hybridized carbons (Fsp3) is 0.457. The summed E-state index contributed by atoms with van der Waals surface area (Å²) < 4.78 is 14.6. The van der Waals surface area contributed by atoms with Crippen LogP contribution in [0.5, 0.6) is 0 Å². The lowest BCUT2D eigenvalue weighted by Gasteiger charge is -2.33. The van der Waals surface area contributed by atoms with Crippen molar-refractivity contribution in [3.63, 3.8) is 0 Å². The van der Waals surface area contributed by atoms with Gasteiger partial charge in [-0.05, 0) is 61.6 Å². The van der Waals surface area contributed by atoms with Gasteiger partial charge in [-0.1, -0.05) is 80.9 Å². The normalized spacial score (nSPS) is 17.1. The van der Waals surface area contributed by atoms with E-state index in [2.05, 4.69) is 27.1 Å². The quantitative estimate of drug-likeness (QED) is 0.185. The molecule has 6 rings (SSSR count). The molecule has 1 fully saturated rings. The van der Waals surface area contributed by atoms with Crippen LogP contribution < -0.4 is 11.3 Å². The van der Waals surface area contributed by atoms with Crippen molar-refractivity contribution in [2.24, 2.45) is 0 Å². The molecule has 11 nitrogen and oxygen atoms in total. The topological polar surface area (TPSA) is 141 Å². The molecule has 0 spiro atoms. The summed E-state index contributed by atoms with van der Waals surface area (Å²) in [6.45, 7) is 6.41. The van der Waals surface area contributed by atoms with Crippen LogP contribution in [-0.4, -0.2) is 52.7 Å². The Hall–Kier alpha value is -4.35. The Morgan fingerprint density at radius 2 is 1.72 bits per heavy atom. The predicted molar refractivity (Wildman–Crippen MR) is 175 cm³/mol. The lowest BCUT2D eigenvalue weighted by Crippen LogP contribution is -2.37. The number of aryl methyl sites for hydroxylation is 1. The van der Waals surface area contributed by atoms with E-state index in [-0.39, 0.29) is 17.7 Å². The van der Waals surface area contributed by atoms with Crippen LogP contribution in [0.4, 0.5) is 0 Å². The van der Waals surface area contributed by atoms with Crippen LogP contribution in [0.3, 0.4) is 0 Å². The molecule has 11 heteroatoms. The molecule has 2 aromatic carbocycles. The second kappa shape index (κ2) is 13.6. The van der Waals surface area contributed by atoms with Gasteiger partial charge in [-0.3, -0.25) is 18.9 Å². The summed E-state index contributed by atoms with van der Waals surface area (Å²) in [6, 6.07) is 15.8. The van der Waals surface area contributed by atoms with Gasteiger partial charge in [0.1, 0.15) is 6.33 Å². The monoisotopic (exact) mass is 626 g/mol. The Kier molecular flexibility index (Phi) is 9.32. The number of aliphatic hydroxyl groups is 1. The summed E-state index contributed by atoms with van der Waals surface area (Å²) in [4.78, 5) is 33.1. The van der Waals surface area contributed by atoms with Crippen molar-refractivity contribution in [2.45, 2.75) is 96.3 Å². The highest BCUT2D eigenvalue weighted by molar-refractivity contribution is 5.80. The second-order valence-electron chi connectivity index (χ2n) is 12.4. The van der Waals surface area contributed by atoms with Gasteiger partial charge in [0, 0.05) is 23.6 Å². The number of fused-ring (bicyclic) bond motifs is 1. The van der Waals surface area contributed by atoms with Gasteiger partial charge in [-0.2, -0.15) is 10.1 Å². The molecule has 0 bridgehead atoms. The predicted octanol–water partition coefficient (Wildman–Crippen LogP) is 5.50. The van der Waals surface area contributed by atoms with E-state index in [0.29, 0.717) is 43.9 Å². The number of nitrogens with zero attached hydrogens (tertiary/aromatic N) is 5. The van der Waals surface area contributed by atoms with Crippen molar-refractivity contribution in [1.29, 1.82) is 0 Å². The van der Waals surface area contributed by atoms with Crippen molar-refractivity contribution in [3.8, 4) is 22.5 Å². The molecular weight excluding hydrogens is 584 g/mol. The van der Waals surface area contributed by atoms with E-state index >= 15 is 0 Å². The van der Waals surface area contributed by atoms with Crippen LogP contribution in [-0.2, 0) is 17.6 Å². The second-order valence-corrected chi connectivity index (χ2v) is 12.4. The SMILES string of the molecule is CCCc1c(Cc2ccc(-c3ccccc3-c3noc(=O)[nH]3)cc2)c(=O)n(C2CCC(OCC(O)(CC)CC)CC2)c2ncnn12. The Labute approximate surface area is 267 Å². The molecule has 5 aromatic rings. The zero-order valence-corrected chi connectivity index (χ0v) is 26.7. The third-order valence-corrected chi connectivity index (χ3v) is 9.49. The van der Waals surface area contributed by atoms with E-state index in [1.165, 1.54) is 6.33 Å². The maximum Gasteiger partial charge on any atom is 0.439 e. The number of aromatic nitrogens is 6. The number of benzene rings is 2. The zero-order valence-electron chi connectivity index (χ0n) is 26.7. The first-order valence-electron chi connectivity index (χ1n) is 16.4. The molecule has 1 saturated carbocycles. The van der Waals surface area contributed by atoms with E-state index in [1.54, 1.807) is 0 Å². The van der Waals surface area contributed by atoms with Crippen molar-refractivity contribution in [2.75, 3.05) is 6.61 Å². The van der Waals surface area contributed by atoms with Crippen LogP contribution in [0.15, 0.2) is 69.0 Å². The molecule has 0 unspecified atom stereocenters. The van der Waals surface area contributed by atoms with E-state index in [1.807, 2.05) is 71.5 Å². The molecule has 1 aliphatic carbocycles. The smallest absolute Gasteiger partial charge is 0.388 e. The molecule has 0 saturated heterocycles. The number of rotatable bonds is 12.